The average Bonchev–Trinajstić information content (AvgIpc) is 2.78. The Bertz CT molecular complexity index is 841. The van der Waals surface area contributed by atoms with Gasteiger partial charge in [0, 0.05) is 18.4 Å². The number of allylic oxidation sites excluding steroid dienone is 2. The minimum Gasteiger partial charge on any atom is -0.463 e. The number of esters is 2. The van der Waals surface area contributed by atoms with Crippen molar-refractivity contribution in [1.82, 2.24) is 4.98 Å². The van der Waals surface area contributed by atoms with E-state index in [1.165, 1.54) is 5.56 Å². The van der Waals surface area contributed by atoms with Crippen LogP contribution < -0.4 is 4.74 Å². The Labute approximate surface area is 185 Å². The minimum absolute atomic E-state index is 0.0859. The predicted molar refractivity (Wildman–Crippen MR) is 123 cm³/mol. The van der Waals surface area contributed by atoms with E-state index in [0.717, 1.165) is 43.4 Å². The molecule has 0 radical (unpaired) electrons. The highest BCUT2D eigenvalue weighted by Gasteiger charge is 2.09. The number of rotatable bonds is 12. The maximum absolute atomic E-state index is 11.9. The Balaban J connectivity index is 1.81. The lowest BCUT2D eigenvalue weighted by Crippen LogP contribution is -2.14. The van der Waals surface area contributed by atoms with Crippen LogP contribution in [0, 0.1) is 0 Å². The van der Waals surface area contributed by atoms with Crippen LogP contribution in [0.1, 0.15) is 64.9 Å². The maximum atomic E-state index is 11.9. The van der Waals surface area contributed by atoms with Crippen LogP contribution in [0.4, 0.5) is 0 Å². The first kappa shape index (κ1) is 24.3. The molecule has 0 spiro atoms. The molecule has 0 aliphatic heterocycles. The van der Waals surface area contributed by atoms with E-state index in [1.807, 2.05) is 38.1 Å². The Hall–Kier alpha value is -2.95. The molecular weight excluding hydrogens is 390 g/mol. The van der Waals surface area contributed by atoms with Crippen LogP contribution in [0.15, 0.2) is 54.7 Å². The van der Waals surface area contributed by atoms with Gasteiger partial charge in [0.15, 0.2) is 0 Å². The molecule has 0 fully saturated rings. The number of hydrogen-bond donors (Lipinski definition) is 0. The molecule has 0 saturated heterocycles. The molecule has 2 aromatic rings. The highest BCUT2D eigenvalue weighted by Crippen LogP contribution is 2.21. The third-order valence-electron chi connectivity index (χ3n) is 4.92. The van der Waals surface area contributed by atoms with E-state index < -0.39 is 0 Å². The van der Waals surface area contributed by atoms with E-state index in [4.69, 9.17) is 9.47 Å². The summed E-state index contributed by atoms with van der Waals surface area (Å²) < 4.78 is 10.7. The molecular formula is C26H33NO4. The topological polar surface area (TPSA) is 65.5 Å². The molecule has 5 nitrogen and oxygen atoms in total. The van der Waals surface area contributed by atoms with Crippen molar-refractivity contribution in [2.24, 2.45) is 0 Å². The number of carbonyl (C=O) groups is 2. The zero-order valence-electron chi connectivity index (χ0n) is 18.8. The van der Waals surface area contributed by atoms with E-state index in [1.54, 1.807) is 19.2 Å². The normalized spacial score (nSPS) is 12.0. The Morgan fingerprint density at radius 3 is 2.48 bits per heavy atom. The molecule has 1 unspecified atom stereocenters. The van der Waals surface area contributed by atoms with Crippen molar-refractivity contribution in [3.05, 3.63) is 60.3 Å². The zero-order chi connectivity index (χ0) is 22.5. The molecule has 1 heterocycles. The lowest BCUT2D eigenvalue weighted by molar-refractivity contribution is -0.148. The molecule has 0 N–H and O–H groups in total. The van der Waals surface area contributed by atoms with Gasteiger partial charge < -0.3 is 9.47 Å². The second-order valence-electron chi connectivity index (χ2n) is 7.56. The monoisotopic (exact) mass is 423 g/mol. The number of unbranched alkanes of at least 4 members (excludes halogenated alkanes) is 2. The molecule has 0 aliphatic rings. The smallest absolute Gasteiger partial charge is 0.311 e. The number of aryl methyl sites for hydroxylation is 1. The van der Waals surface area contributed by atoms with Crippen molar-refractivity contribution >= 4 is 11.9 Å². The Kier molecular flexibility index (Phi) is 10.5. The lowest BCUT2D eigenvalue weighted by Gasteiger charge is -2.12. The molecule has 2 rings (SSSR count). The summed E-state index contributed by atoms with van der Waals surface area (Å²) in [6.07, 6.45) is 10.9. The summed E-state index contributed by atoms with van der Waals surface area (Å²) >= 11 is 0. The molecule has 0 saturated carbocycles. The van der Waals surface area contributed by atoms with E-state index >= 15 is 0 Å². The number of ether oxygens (including phenoxy) is 2. The standard InChI is InChI=1S/C26H33NO4/c1-4-6-7-8-9-10-26(29)31-23-17-18-24(27-19-23)22-15-13-21(14-16-22)12-11-20(3)30-25(28)5-2/h4,6,13-20H,5,7-12H2,1-3H3/b6-4+. The third kappa shape index (κ3) is 9.16. The third-order valence-corrected chi connectivity index (χ3v) is 4.92. The fourth-order valence-corrected chi connectivity index (χ4v) is 3.07. The molecule has 1 atom stereocenters. The highest BCUT2D eigenvalue weighted by atomic mass is 16.5. The Morgan fingerprint density at radius 1 is 1.06 bits per heavy atom. The molecule has 5 heteroatoms. The minimum atomic E-state index is -0.224. The molecule has 0 bridgehead atoms. The summed E-state index contributed by atoms with van der Waals surface area (Å²) in [6.45, 7) is 5.71. The first-order valence-corrected chi connectivity index (χ1v) is 11.1. The first-order chi connectivity index (χ1) is 15.0. The van der Waals surface area contributed by atoms with E-state index in [0.29, 0.717) is 18.6 Å². The van der Waals surface area contributed by atoms with Crippen molar-refractivity contribution in [3.8, 4) is 17.0 Å². The van der Waals surface area contributed by atoms with Crippen LogP contribution in [0.2, 0.25) is 0 Å². The van der Waals surface area contributed by atoms with E-state index in [2.05, 4.69) is 23.2 Å². The van der Waals surface area contributed by atoms with Gasteiger partial charge in [-0.25, -0.2) is 0 Å². The zero-order valence-corrected chi connectivity index (χ0v) is 18.8. The van der Waals surface area contributed by atoms with Crippen LogP contribution in [0.3, 0.4) is 0 Å². The second kappa shape index (κ2) is 13.4. The Morgan fingerprint density at radius 2 is 1.84 bits per heavy atom. The largest absolute Gasteiger partial charge is 0.463 e. The van der Waals surface area contributed by atoms with Crippen LogP contribution in [-0.4, -0.2) is 23.0 Å². The highest BCUT2D eigenvalue weighted by molar-refractivity contribution is 5.72. The molecule has 1 aromatic carbocycles. The summed E-state index contributed by atoms with van der Waals surface area (Å²) in [5.74, 6) is 0.0834. The predicted octanol–water partition coefficient (Wildman–Crippen LogP) is 6.06. The van der Waals surface area contributed by atoms with Gasteiger partial charge in [-0.3, -0.25) is 14.6 Å². The summed E-state index contributed by atoms with van der Waals surface area (Å²) in [5.41, 5.74) is 3.00. The molecule has 1 aromatic heterocycles. The van der Waals surface area contributed by atoms with Crippen LogP contribution >= 0.6 is 0 Å². The molecule has 166 valence electrons. The first-order valence-electron chi connectivity index (χ1n) is 11.1. The van der Waals surface area contributed by atoms with Crippen LogP contribution in [0.25, 0.3) is 11.3 Å². The summed E-state index contributed by atoms with van der Waals surface area (Å²) in [5, 5.41) is 0. The van der Waals surface area contributed by atoms with Gasteiger partial charge in [-0.1, -0.05) is 43.3 Å². The fraction of sp³-hybridized carbons (Fsp3) is 0.423. The average molecular weight is 424 g/mol. The second-order valence-corrected chi connectivity index (χ2v) is 7.56. The quantitative estimate of drug-likeness (QED) is 0.236. The van der Waals surface area contributed by atoms with Gasteiger partial charge in [0.1, 0.15) is 5.75 Å². The number of benzene rings is 1. The van der Waals surface area contributed by atoms with Gasteiger partial charge in [-0.05, 0) is 63.6 Å². The van der Waals surface area contributed by atoms with Crippen LogP contribution in [0.5, 0.6) is 5.75 Å². The summed E-state index contributed by atoms with van der Waals surface area (Å²) in [6, 6.07) is 11.8. The molecule has 31 heavy (non-hydrogen) atoms. The van der Waals surface area contributed by atoms with Crippen molar-refractivity contribution in [2.45, 2.75) is 71.8 Å². The van der Waals surface area contributed by atoms with Gasteiger partial charge >= 0.3 is 11.9 Å². The molecule has 0 amide bonds. The van der Waals surface area contributed by atoms with Crippen LogP contribution in [-0.2, 0) is 20.7 Å². The summed E-state index contributed by atoms with van der Waals surface area (Å²) in [4.78, 5) is 27.7. The maximum Gasteiger partial charge on any atom is 0.311 e. The van der Waals surface area contributed by atoms with E-state index in [9.17, 15) is 9.59 Å². The number of pyridine rings is 1. The SMILES string of the molecule is C/C=C/CCCCC(=O)Oc1ccc(-c2ccc(CCC(C)OC(=O)CC)cc2)nc1. The number of nitrogens with zero attached hydrogens (tertiary/aromatic N) is 1. The van der Waals surface area contributed by atoms with Crippen molar-refractivity contribution < 1.29 is 19.1 Å². The number of hydrogen-bond acceptors (Lipinski definition) is 5. The van der Waals surface area contributed by atoms with Crippen molar-refractivity contribution in [3.63, 3.8) is 0 Å². The van der Waals surface area contributed by atoms with Gasteiger partial charge in [0.2, 0.25) is 0 Å². The van der Waals surface area contributed by atoms with Gasteiger partial charge in [0.25, 0.3) is 0 Å². The summed E-state index contributed by atoms with van der Waals surface area (Å²) in [7, 11) is 0. The van der Waals surface area contributed by atoms with Gasteiger partial charge in [0.05, 0.1) is 18.0 Å². The van der Waals surface area contributed by atoms with Gasteiger partial charge in [-0.2, -0.15) is 0 Å². The number of aromatic nitrogens is 1. The van der Waals surface area contributed by atoms with E-state index in [-0.39, 0.29) is 18.0 Å². The fourth-order valence-electron chi connectivity index (χ4n) is 3.07. The number of carbonyl (C=O) groups excluding carboxylic acids is 2. The van der Waals surface area contributed by atoms with Crippen molar-refractivity contribution in [1.29, 1.82) is 0 Å². The van der Waals surface area contributed by atoms with Gasteiger partial charge in [-0.15, -0.1) is 0 Å². The van der Waals surface area contributed by atoms with Crippen molar-refractivity contribution in [2.75, 3.05) is 0 Å². The molecule has 0 aliphatic carbocycles. The lowest BCUT2D eigenvalue weighted by atomic mass is 10.0.